The molecule has 5 heteroatoms. The summed E-state index contributed by atoms with van der Waals surface area (Å²) in [6.07, 6.45) is 0. The maximum absolute atomic E-state index is 5.20. The normalized spacial score (nSPS) is 13.4. The Morgan fingerprint density at radius 2 is 2.30 bits per heavy atom. The van der Waals surface area contributed by atoms with E-state index in [0.29, 0.717) is 5.89 Å². The summed E-state index contributed by atoms with van der Waals surface area (Å²) in [6.45, 7) is 1.91. The molecule has 0 amide bonds. The van der Waals surface area contributed by atoms with E-state index in [1.54, 1.807) is 0 Å². The van der Waals surface area contributed by atoms with Gasteiger partial charge in [0.2, 0.25) is 5.89 Å². The van der Waals surface area contributed by atoms with Crippen LogP contribution in [-0.4, -0.2) is 17.2 Å². The highest BCUT2D eigenvalue weighted by molar-refractivity contribution is 5.05. The summed E-state index contributed by atoms with van der Waals surface area (Å²) in [6, 6.07) is 0.168. The molecule has 1 aromatic rings. The first-order valence-electron chi connectivity index (χ1n) is 3.00. The molecule has 0 radical (unpaired) electrons. The van der Waals surface area contributed by atoms with Gasteiger partial charge in [0.05, 0.1) is 6.04 Å². The zero-order valence-corrected chi connectivity index (χ0v) is 5.96. The molecule has 1 heterocycles. The van der Waals surface area contributed by atoms with Gasteiger partial charge in [0.15, 0.2) is 0 Å². The molecule has 0 aromatic carbocycles. The standard InChI is InChI=1S/C5H10N4O/c1-3(7-2)4-8-9-5(6)10-4/h3,7H,1-2H3,(H2,6,9). The molecule has 0 bridgehead atoms. The van der Waals surface area contributed by atoms with E-state index in [1.807, 2.05) is 14.0 Å². The van der Waals surface area contributed by atoms with E-state index in [9.17, 15) is 0 Å². The van der Waals surface area contributed by atoms with Crippen LogP contribution in [0.15, 0.2) is 4.42 Å². The van der Waals surface area contributed by atoms with E-state index in [2.05, 4.69) is 15.5 Å². The Bertz CT molecular complexity index is 209. The van der Waals surface area contributed by atoms with Crippen molar-refractivity contribution in [3.63, 3.8) is 0 Å². The van der Waals surface area contributed by atoms with Crippen LogP contribution in [0.1, 0.15) is 18.9 Å². The fraction of sp³-hybridized carbons (Fsp3) is 0.600. The van der Waals surface area contributed by atoms with Crippen LogP contribution in [0, 0.1) is 0 Å². The van der Waals surface area contributed by atoms with Crippen LogP contribution in [0.4, 0.5) is 6.01 Å². The van der Waals surface area contributed by atoms with Gasteiger partial charge >= 0.3 is 6.01 Å². The quantitative estimate of drug-likeness (QED) is 0.604. The van der Waals surface area contributed by atoms with Crippen molar-refractivity contribution in [2.45, 2.75) is 13.0 Å². The van der Waals surface area contributed by atoms with Crippen molar-refractivity contribution in [1.29, 1.82) is 0 Å². The van der Waals surface area contributed by atoms with E-state index in [0.717, 1.165) is 0 Å². The van der Waals surface area contributed by atoms with Crippen LogP contribution in [0.25, 0.3) is 0 Å². The molecule has 1 atom stereocenters. The molecule has 10 heavy (non-hydrogen) atoms. The molecule has 1 aromatic heterocycles. The minimum Gasteiger partial charge on any atom is -0.407 e. The highest BCUT2D eigenvalue weighted by atomic mass is 16.4. The summed E-state index contributed by atoms with van der Waals surface area (Å²) >= 11 is 0. The van der Waals surface area contributed by atoms with Crippen LogP contribution >= 0.6 is 0 Å². The predicted octanol–water partition coefficient (Wildman–Crippen LogP) is -0.0678. The molecule has 0 aliphatic carbocycles. The van der Waals surface area contributed by atoms with E-state index in [4.69, 9.17) is 10.2 Å². The van der Waals surface area contributed by atoms with Crippen LogP contribution in [0.3, 0.4) is 0 Å². The number of nitrogens with one attached hydrogen (secondary N) is 1. The van der Waals surface area contributed by atoms with Gasteiger partial charge in [-0.05, 0) is 14.0 Å². The SMILES string of the molecule is CNC(C)c1nnc(N)o1. The van der Waals surface area contributed by atoms with Gasteiger partial charge in [-0.25, -0.2) is 0 Å². The van der Waals surface area contributed by atoms with E-state index in [1.165, 1.54) is 0 Å². The van der Waals surface area contributed by atoms with Crippen molar-refractivity contribution < 1.29 is 4.42 Å². The number of hydrogen-bond acceptors (Lipinski definition) is 5. The highest BCUT2D eigenvalue weighted by Crippen LogP contribution is 2.09. The largest absolute Gasteiger partial charge is 0.407 e. The second-order valence-corrected chi connectivity index (χ2v) is 1.99. The highest BCUT2D eigenvalue weighted by Gasteiger charge is 2.08. The summed E-state index contributed by atoms with van der Waals surface area (Å²) in [5.41, 5.74) is 5.20. The number of anilines is 1. The Balaban J connectivity index is 2.74. The first-order valence-corrected chi connectivity index (χ1v) is 3.00. The fourth-order valence-corrected chi connectivity index (χ4v) is 0.545. The van der Waals surface area contributed by atoms with Gasteiger partial charge in [0, 0.05) is 0 Å². The Hall–Kier alpha value is -1.10. The Morgan fingerprint density at radius 1 is 1.60 bits per heavy atom. The molecule has 0 fully saturated rings. The Labute approximate surface area is 58.6 Å². The Kier molecular flexibility index (Phi) is 1.86. The number of hydrogen-bond donors (Lipinski definition) is 2. The first kappa shape index (κ1) is 7.01. The van der Waals surface area contributed by atoms with E-state index in [-0.39, 0.29) is 12.1 Å². The first-order chi connectivity index (χ1) is 4.74. The summed E-state index contributed by atoms with van der Waals surface area (Å²) in [7, 11) is 1.81. The lowest BCUT2D eigenvalue weighted by atomic mass is 10.3. The summed E-state index contributed by atoms with van der Waals surface area (Å²) in [4.78, 5) is 0. The predicted molar refractivity (Wildman–Crippen MR) is 36.2 cm³/mol. The lowest BCUT2D eigenvalue weighted by Crippen LogP contribution is -2.12. The van der Waals surface area contributed by atoms with Gasteiger partial charge in [-0.3, -0.25) is 0 Å². The molecule has 1 rings (SSSR count). The minimum atomic E-state index is 0.0600. The molecule has 0 spiro atoms. The lowest BCUT2D eigenvalue weighted by molar-refractivity contribution is 0.444. The molecule has 3 N–H and O–H groups in total. The molecule has 1 unspecified atom stereocenters. The van der Waals surface area contributed by atoms with Crippen LogP contribution in [-0.2, 0) is 0 Å². The molecule has 5 nitrogen and oxygen atoms in total. The summed E-state index contributed by atoms with van der Waals surface area (Å²) in [5.74, 6) is 0.514. The molecule has 0 saturated heterocycles. The van der Waals surface area contributed by atoms with Gasteiger partial charge < -0.3 is 15.5 Å². The average Bonchev–Trinajstić information content (AvgIpc) is 2.34. The molecular weight excluding hydrogens is 132 g/mol. The third-order valence-corrected chi connectivity index (χ3v) is 1.26. The molecule has 0 aliphatic heterocycles. The van der Waals surface area contributed by atoms with Crippen molar-refractivity contribution >= 4 is 6.01 Å². The van der Waals surface area contributed by atoms with Crippen LogP contribution in [0.5, 0.6) is 0 Å². The second kappa shape index (κ2) is 2.66. The third kappa shape index (κ3) is 1.24. The van der Waals surface area contributed by atoms with Gasteiger partial charge in [-0.2, -0.15) is 0 Å². The number of nitrogens with zero attached hydrogens (tertiary/aromatic N) is 2. The van der Waals surface area contributed by atoms with Gasteiger partial charge in [0.1, 0.15) is 0 Å². The van der Waals surface area contributed by atoms with Crippen molar-refractivity contribution in [3.05, 3.63) is 5.89 Å². The van der Waals surface area contributed by atoms with Crippen molar-refractivity contribution in [1.82, 2.24) is 15.5 Å². The molecule has 0 saturated carbocycles. The van der Waals surface area contributed by atoms with Gasteiger partial charge in [-0.15, -0.1) is 5.10 Å². The fourth-order valence-electron chi connectivity index (χ4n) is 0.545. The second-order valence-electron chi connectivity index (χ2n) is 1.99. The van der Waals surface area contributed by atoms with Crippen molar-refractivity contribution in [3.8, 4) is 0 Å². The molecule has 56 valence electrons. The lowest BCUT2D eigenvalue weighted by Gasteiger charge is -2.01. The van der Waals surface area contributed by atoms with E-state index < -0.39 is 0 Å². The number of nitrogen functional groups attached to an aromatic ring is 1. The Morgan fingerprint density at radius 3 is 2.70 bits per heavy atom. The maximum Gasteiger partial charge on any atom is 0.312 e. The van der Waals surface area contributed by atoms with E-state index >= 15 is 0 Å². The minimum absolute atomic E-state index is 0.0600. The van der Waals surface area contributed by atoms with Gasteiger partial charge in [0.25, 0.3) is 0 Å². The summed E-state index contributed by atoms with van der Waals surface area (Å²) in [5, 5.41) is 10.1. The van der Waals surface area contributed by atoms with Gasteiger partial charge in [-0.1, -0.05) is 5.10 Å². The molecule has 0 aliphatic rings. The topological polar surface area (TPSA) is 77.0 Å². The van der Waals surface area contributed by atoms with Crippen molar-refractivity contribution in [2.24, 2.45) is 0 Å². The van der Waals surface area contributed by atoms with Crippen LogP contribution < -0.4 is 11.1 Å². The maximum atomic E-state index is 5.20. The monoisotopic (exact) mass is 142 g/mol. The van der Waals surface area contributed by atoms with Crippen molar-refractivity contribution in [2.75, 3.05) is 12.8 Å². The zero-order chi connectivity index (χ0) is 7.56. The molecular formula is C5H10N4O. The summed E-state index contributed by atoms with van der Waals surface area (Å²) < 4.78 is 4.93. The van der Waals surface area contributed by atoms with Crippen LogP contribution in [0.2, 0.25) is 0 Å². The number of aromatic nitrogens is 2. The smallest absolute Gasteiger partial charge is 0.312 e. The number of rotatable bonds is 2. The average molecular weight is 142 g/mol. The zero-order valence-electron chi connectivity index (χ0n) is 5.96. The number of nitrogens with two attached hydrogens (primary N) is 1. The third-order valence-electron chi connectivity index (χ3n) is 1.26.